The summed E-state index contributed by atoms with van der Waals surface area (Å²) in [6.45, 7) is 1.69. The van der Waals surface area contributed by atoms with Gasteiger partial charge in [-0.3, -0.25) is 0 Å². The van der Waals surface area contributed by atoms with Crippen LogP contribution in [-0.4, -0.2) is 19.1 Å². The number of carbonyl (C=O) groups excluding carboxylic acids is 1. The van der Waals surface area contributed by atoms with Crippen LogP contribution in [0.25, 0.3) is 0 Å². The lowest BCUT2D eigenvalue weighted by Gasteiger charge is -1.95. The lowest BCUT2D eigenvalue weighted by Crippen LogP contribution is -2.63. The van der Waals surface area contributed by atoms with E-state index >= 15 is 0 Å². The second-order valence-corrected chi connectivity index (χ2v) is 1.42. The zero-order chi connectivity index (χ0) is 5.86. The van der Waals surface area contributed by atoms with Crippen molar-refractivity contribution in [2.75, 3.05) is 7.11 Å². The van der Waals surface area contributed by atoms with E-state index < -0.39 is 0 Å². The maximum absolute atomic E-state index is 10.2. The van der Waals surface area contributed by atoms with Crippen molar-refractivity contribution in [3.63, 3.8) is 0 Å². The molecule has 7 heavy (non-hydrogen) atoms. The van der Waals surface area contributed by atoms with Gasteiger partial charge in [0.05, 0.1) is 7.11 Å². The first-order chi connectivity index (χ1) is 3.18. The van der Waals surface area contributed by atoms with Crippen LogP contribution >= 0.6 is 0 Å². The fourth-order valence-corrected chi connectivity index (χ4v) is 0.201. The summed E-state index contributed by atoms with van der Waals surface area (Å²) in [4.78, 5) is 10.2. The molecule has 0 saturated heterocycles. The fraction of sp³-hybridized carbons (Fsp3) is 0.750. The predicted octanol–water partition coefficient (Wildman–Crippen LogP) is -1.21. The van der Waals surface area contributed by atoms with E-state index in [9.17, 15) is 4.79 Å². The smallest absolute Gasteiger partial charge is 0.364 e. The van der Waals surface area contributed by atoms with Crippen LogP contribution in [0.2, 0.25) is 0 Å². The number of quaternary nitrogens is 1. The van der Waals surface area contributed by atoms with E-state index in [0.717, 1.165) is 0 Å². The largest absolute Gasteiger partial charge is 0.465 e. The molecule has 0 rings (SSSR count). The van der Waals surface area contributed by atoms with Gasteiger partial charge in [0.25, 0.3) is 0 Å². The molecule has 0 amide bonds. The van der Waals surface area contributed by atoms with E-state index in [1.54, 1.807) is 6.92 Å². The Hall–Kier alpha value is -0.570. The molecule has 0 aromatic rings. The SMILES string of the molecule is COC(=O)[C@H](C)[NH3+]. The average Bonchev–Trinajstić information content (AvgIpc) is 1.65. The first-order valence-corrected chi connectivity index (χ1v) is 2.09. The van der Waals surface area contributed by atoms with Gasteiger partial charge in [0.15, 0.2) is 6.04 Å². The highest BCUT2D eigenvalue weighted by atomic mass is 16.5. The predicted molar refractivity (Wildman–Crippen MR) is 24.4 cm³/mol. The van der Waals surface area contributed by atoms with Crippen molar-refractivity contribution in [3.05, 3.63) is 0 Å². The van der Waals surface area contributed by atoms with Crippen LogP contribution < -0.4 is 5.73 Å². The van der Waals surface area contributed by atoms with Crippen molar-refractivity contribution < 1.29 is 15.3 Å². The minimum absolute atomic E-state index is 0.245. The third-order valence-electron chi connectivity index (χ3n) is 0.604. The topological polar surface area (TPSA) is 53.9 Å². The number of hydrogen-bond acceptors (Lipinski definition) is 2. The lowest BCUT2D eigenvalue weighted by molar-refractivity contribution is -0.402. The molecular weight excluding hydrogens is 94.0 g/mol. The van der Waals surface area contributed by atoms with E-state index in [0.29, 0.717) is 0 Å². The Kier molecular flexibility index (Phi) is 2.37. The lowest BCUT2D eigenvalue weighted by atomic mass is 10.4. The molecule has 0 aromatic heterocycles. The van der Waals surface area contributed by atoms with E-state index in [-0.39, 0.29) is 12.0 Å². The highest BCUT2D eigenvalue weighted by Crippen LogP contribution is 1.73. The van der Waals surface area contributed by atoms with Crippen LogP contribution in [0.4, 0.5) is 0 Å². The molecule has 0 aliphatic heterocycles. The summed E-state index contributed by atoms with van der Waals surface area (Å²) in [6, 6.07) is -0.245. The van der Waals surface area contributed by atoms with Gasteiger partial charge in [-0.1, -0.05) is 0 Å². The Bertz CT molecular complexity index is 70.1. The maximum atomic E-state index is 10.2. The highest BCUT2D eigenvalue weighted by molar-refractivity contribution is 5.73. The molecule has 3 nitrogen and oxygen atoms in total. The summed E-state index contributed by atoms with van der Waals surface area (Å²) in [5.74, 6) is -0.264. The van der Waals surface area contributed by atoms with Gasteiger partial charge in [-0.2, -0.15) is 0 Å². The number of ether oxygens (including phenoxy) is 1. The minimum Gasteiger partial charge on any atom is -0.465 e. The molecule has 0 aromatic carbocycles. The minimum atomic E-state index is -0.264. The zero-order valence-electron chi connectivity index (χ0n) is 4.60. The van der Waals surface area contributed by atoms with Gasteiger partial charge in [-0.15, -0.1) is 0 Å². The summed E-state index contributed by atoms with van der Waals surface area (Å²) in [6.07, 6.45) is 0. The van der Waals surface area contributed by atoms with Gasteiger partial charge < -0.3 is 10.5 Å². The van der Waals surface area contributed by atoms with Crippen LogP contribution in [0.15, 0.2) is 0 Å². The summed E-state index contributed by atoms with van der Waals surface area (Å²) < 4.78 is 4.31. The van der Waals surface area contributed by atoms with Crippen LogP contribution in [0, 0.1) is 0 Å². The summed E-state index contributed by atoms with van der Waals surface area (Å²) >= 11 is 0. The quantitative estimate of drug-likeness (QED) is 0.424. The Morgan fingerprint density at radius 2 is 2.29 bits per heavy atom. The Labute approximate surface area is 42.4 Å². The molecule has 3 heteroatoms. The molecule has 0 aliphatic rings. The van der Waals surface area contributed by atoms with Gasteiger partial charge in [0.2, 0.25) is 0 Å². The molecule has 42 valence electrons. The molecule has 0 unspecified atom stereocenters. The van der Waals surface area contributed by atoms with Crippen molar-refractivity contribution in [1.82, 2.24) is 0 Å². The van der Waals surface area contributed by atoms with E-state index in [1.165, 1.54) is 7.11 Å². The fourth-order valence-electron chi connectivity index (χ4n) is 0.201. The number of methoxy groups -OCH3 is 1. The average molecular weight is 104 g/mol. The van der Waals surface area contributed by atoms with Gasteiger partial charge in [0, 0.05) is 0 Å². The number of hydrogen-bond donors (Lipinski definition) is 1. The van der Waals surface area contributed by atoms with Crippen molar-refractivity contribution in [2.24, 2.45) is 0 Å². The molecule has 0 fully saturated rings. The standard InChI is InChI=1S/C4H9NO2/c1-3(5)4(6)7-2/h3H,5H2,1-2H3/p+1/t3-/m0/s1. The summed E-state index contributed by atoms with van der Waals surface area (Å²) in [7, 11) is 1.35. The van der Waals surface area contributed by atoms with Gasteiger partial charge in [-0.25, -0.2) is 4.79 Å². The van der Waals surface area contributed by atoms with Crippen molar-refractivity contribution >= 4 is 5.97 Å². The Balaban J connectivity index is 3.35. The summed E-state index contributed by atoms with van der Waals surface area (Å²) in [5.41, 5.74) is 3.43. The van der Waals surface area contributed by atoms with Crippen LogP contribution in [0.5, 0.6) is 0 Å². The molecule has 3 N–H and O–H groups in total. The second-order valence-electron chi connectivity index (χ2n) is 1.42. The zero-order valence-corrected chi connectivity index (χ0v) is 4.60. The maximum Gasteiger partial charge on any atom is 0.364 e. The number of carbonyl (C=O) groups is 1. The van der Waals surface area contributed by atoms with Gasteiger partial charge in [0.1, 0.15) is 0 Å². The molecule has 1 atom stereocenters. The Morgan fingerprint density at radius 3 is 2.29 bits per heavy atom. The van der Waals surface area contributed by atoms with E-state index in [2.05, 4.69) is 10.5 Å². The van der Waals surface area contributed by atoms with Crippen molar-refractivity contribution in [3.8, 4) is 0 Å². The molecular formula is C4H10NO2+. The molecule has 0 radical (unpaired) electrons. The first-order valence-electron chi connectivity index (χ1n) is 2.09. The number of esters is 1. The van der Waals surface area contributed by atoms with Crippen molar-refractivity contribution in [1.29, 1.82) is 0 Å². The molecule has 0 heterocycles. The third kappa shape index (κ3) is 2.17. The van der Waals surface area contributed by atoms with E-state index in [4.69, 9.17) is 0 Å². The van der Waals surface area contributed by atoms with Crippen molar-refractivity contribution in [2.45, 2.75) is 13.0 Å². The molecule has 0 bridgehead atoms. The van der Waals surface area contributed by atoms with Crippen LogP contribution in [0.3, 0.4) is 0 Å². The highest BCUT2D eigenvalue weighted by Gasteiger charge is 2.08. The third-order valence-corrected chi connectivity index (χ3v) is 0.604. The molecule has 0 aliphatic carbocycles. The number of rotatable bonds is 1. The normalized spacial score (nSPS) is 13.0. The van der Waals surface area contributed by atoms with Gasteiger partial charge >= 0.3 is 5.97 Å². The van der Waals surface area contributed by atoms with E-state index in [1.807, 2.05) is 0 Å². The Morgan fingerprint density at radius 1 is 1.86 bits per heavy atom. The monoisotopic (exact) mass is 104 g/mol. The first kappa shape index (κ1) is 6.43. The van der Waals surface area contributed by atoms with Crippen LogP contribution in [-0.2, 0) is 9.53 Å². The van der Waals surface area contributed by atoms with Gasteiger partial charge in [-0.05, 0) is 6.92 Å². The second kappa shape index (κ2) is 2.58. The molecule has 0 spiro atoms. The summed E-state index contributed by atoms with van der Waals surface area (Å²) in [5, 5.41) is 0. The van der Waals surface area contributed by atoms with Crippen LogP contribution in [0.1, 0.15) is 6.92 Å². The molecule has 0 saturated carbocycles.